The van der Waals surface area contributed by atoms with Gasteiger partial charge in [0.05, 0.1) is 0 Å². The highest BCUT2D eigenvalue weighted by atomic mass is 16.7. The smallest absolute Gasteiger partial charge is 0.322 e. The van der Waals surface area contributed by atoms with Crippen LogP contribution in [0.15, 0.2) is 0 Å². The van der Waals surface area contributed by atoms with Gasteiger partial charge in [-0.3, -0.25) is 4.79 Å². The van der Waals surface area contributed by atoms with Gasteiger partial charge in [-0.1, -0.05) is 0 Å². The highest BCUT2D eigenvalue weighted by molar-refractivity contribution is 5.65. The van der Waals surface area contributed by atoms with Gasteiger partial charge in [-0.25, -0.2) is 0 Å². The Balaban J connectivity index is 2.30. The normalized spacial score (nSPS) is 25.3. The second kappa shape index (κ2) is 4.42. The van der Waals surface area contributed by atoms with Crippen LogP contribution in [0.2, 0.25) is 0 Å². The van der Waals surface area contributed by atoms with Gasteiger partial charge in [-0.15, -0.1) is 5.06 Å². The van der Waals surface area contributed by atoms with Crippen molar-refractivity contribution >= 4 is 5.97 Å². The molecule has 12 heavy (non-hydrogen) atoms. The van der Waals surface area contributed by atoms with Crippen LogP contribution in [0, 0.1) is 5.92 Å². The van der Waals surface area contributed by atoms with Crippen LogP contribution in [0.1, 0.15) is 19.8 Å². The van der Waals surface area contributed by atoms with Crippen LogP contribution in [0.4, 0.5) is 0 Å². The van der Waals surface area contributed by atoms with E-state index >= 15 is 0 Å². The van der Waals surface area contributed by atoms with Gasteiger partial charge in [0.2, 0.25) is 0 Å². The molecule has 0 aromatic rings. The van der Waals surface area contributed by atoms with Gasteiger partial charge in [0, 0.05) is 20.0 Å². The molecule has 1 unspecified atom stereocenters. The van der Waals surface area contributed by atoms with Gasteiger partial charge in [-0.05, 0) is 25.3 Å². The minimum Gasteiger partial charge on any atom is -0.368 e. The van der Waals surface area contributed by atoms with E-state index in [2.05, 4.69) is 0 Å². The van der Waals surface area contributed by atoms with Crippen molar-refractivity contribution < 1.29 is 9.63 Å². The number of carbonyl (C=O) groups is 1. The molecular formula is C8H16N2O2. The summed E-state index contributed by atoms with van der Waals surface area (Å²) >= 11 is 0. The first-order valence-corrected chi connectivity index (χ1v) is 4.36. The first kappa shape index (κ1) is 9.48. The van der Waals surface area contributed by atoms with Gasteiger partial charge in [0.25, 0.3) is 0 Å². The first-order chi connectivity index (χ1) is 5.72. The molecule has 0 aliphatic carbocycles. The molecule has 1 fully saturated rings. The standard InChI is InChI=1S/C8H16N2O2/c1-7(11)12-10-4-2-3-8(5-9)6-10/h8H,2-6,9H2,1H3. The van der Waals surface area contributed by atoms with E-state index in [0.29, 0.717) is 12.5 Å². The summed E-state index contributed by atoms with van der Waals surface area (Å²) in [6.07, 6.45) is 2.21. The summed E-state index contributed by atoms with van der Waals surface area (Å²) in [4.78, 5) is 15.6. The lowest BCUT2D eigenvalue weighted by atomic mass is 10.00. The quantitative estimate of drug-likeness (QED) is 0.643. The van der Waals surface area contributed by atoms with Gasteiger partial charge in [0.1, 0.15) is 0 Å². The van der Waals surface area contributed by atoms with E-state index in [0.717, 1.165) is 25.9 Å². The molecule has 1 saturated heterocycles. The molecule has 0 aromatic carbocycles. The zero-order valence-electron chi connectivity index (χ0n) is 7.45. The van der Waals surface area contributed by atoms with Crippen LogP contribution in [-0.4, -0.2) is 30.7 Å². The molecule has 1 aliphatic heterocycles. The molecule has 4 heteroatoms. The zero-order valence-corrected chi connectivity index (χ0v) is 7.45. The molecule has 0 amide bonds. The maximum absolute atomic E-state index is 10.6. The zero-order chi connectivity index (χ0) is 8.97. The maximum atomic E-state index is 10.6. The third-order valence-electron chi connectivity index (χ3n) is 2.07. The Labute approximate surface area is 72.6 Å². The van der Waals surface area contributed by atoms with Crippen molar-refractivity contribution in [2.75, 3.05) is 19.6 Å². The Morgan fingerprint density at radius 3 is 3.08 bits per heavy atom. The van der Waals surface area contributed by atoms with Crippen LogP contribution in [0.25, 0.3) is 0 Å². The lowest BCUT2D eigenvalue weighted by Crippen LogP contribution is -2.39. The van der Waals surface area contributed by atoms with Crippen LogP contribution < -0.4 is 5.73 Å². The molecule has 0 saturated carbocycles. The van der Waals surface area contributed by atoms with Gasteiger partial charge >= 0.3 is 5.97 Å². The first-order valence-electron chi connectivity index (χ1n) is 4.36. The van der Waals surface area contributed by atoms with Crippen molar-refractivity contribution in [1.82, 2.24) is 5.06 Å². The summed E-state index contributed by atoms with van der Waals surface area (Å²) < 4.78 is 0. The number of carbonyl (C=O) groups excluding carboxylic acids is 1. The van der Waals surface area contributed by atoms with Gasteiger partial charge < -0.3 is 10.6 Å². The van der Waals surface area contributed by atoms with E-state index in [-0.39, 0.29) is 5.97 Å². The Morgan fingerprint density at radius 2 is 2.50 bits per heavy atom. The molecule has 0 bridgehead atoms. The Hall–Kier alpha value is -0.610. The number of piperidine rings is 1. The lowest BCUT2D eigenvalue weighted by molar-refractivity contribution is -0.195. The van der Waals surface area contributed by atoms with Crippen molar-refractivity contribution in [3.05, 3.63) is 0 Å². The SMILES string of the molecule is CC(=O)ON1CCCC(CN)C1. The van der Waals surface area contributed by atoms with E-state index in [1.165, 1.54) is 6.92 Å². The van der Waals surface area contributed by atoms with E-state index < -0.39 is 0 Å². The molecule has 0 radical (unpaired) electrons. The number of hydrogen-bond donors (Lipinski definition) is 1. The topological polar surface area (TPSA) is 55.6 Å². The molecule has 1 heterocycles. The molecule has 0 aromatic heterocycles. The monoisotopic (exact) mass is 172 g/mol. The lowest BCUT2D eigenvalue weighted by Gasteiger charge is -2.29. The van der Waals surface area contributed by atoms with Crippen molar-refractivity contribution in [3.63, 3.8) is 0 Å². The average Bonchev–Trinajstić information content (AvgIpc) is 2.03. The van der Waals surface area contributed by atoms with Crippen molar-refractivity contribution in [2.24, 2.45) is 11.7 Å². The van der Waals surface area contributed by atoms with E-state index in [1.54, 1.807) is 5.06 Å². The molecule has 4 nitrogen and oxygen atoms in total. The average molecular weight is 172 g/mol. The molecule has 1 rings (SSSR count). The number of hydroxylamine groups is 2. The number of rotatable bonds is 2. The van der Waals surface area contributed by atoms with Gasteiger partial charge in [0.15, 0.2) is 0 Å². The highest BCUT2D eigenvalue weighted by Gasteiger charge is 2.20. The maximum Gasteiger partial charge on any atom is 0.322 e. The second-order valence-electron chi connectivity index (χ2n) is 3.21. The fourth-order valence-electron chi connectivity index (χ4n) is 1.48. The summed E-state index contributed by atoms with van der Waals surface area (Å²) in [5.41, 5.74) is 5.53. The predicted molar refractivity (Wildman–Crippen MR) is 45.1 cm³/mol. The van der Waals surface area contributed by atoms with Crippen LogP contribution in [0.3, 0.4) is 0 Å². The minimum absolute atomic E-state index is 0.243. The van der Waals surface area contributed by atoms with Crippen LogP contribution in [-0.2, 0) is 9.63 Å². The molecule has 1 atom stereocenters. The Bertz CT molecular complexity index is 161. The molecule has 70 valence electrons. The van der Waals surface area contributed by atoms with Crippen molar-refractivity contribution in [1.29, 1.82) is 0 Å². The Kier molecular flexibility index (Phi) is 3.49. The van der Waals surface area contributed by atoms with Crippen molar-refractivity contribution in [3.8, 4) is 0 Å². The second-order valence-corrected chi connectivity index (χ2v) is 3.21. The summed E-state index contributed by atoms with van der Waals surface area (Å²) in [5, 5.41) is 1.71. The molecule has 0 spiro atoms. The predicted octanol–water partition coefficient (Wildman–Crippen LogP) is 0.135. The minimum atomic E-state index is -0.243. The number of hydrogen-bond acceptors (Lipinski definition) is 4. The third-order valence-corrected chi connectivity index (χ3v) is 2.07. The van der Waals surface area contributed by atoms with Gasteiger partial charge in [-0.2, -0.15) is 0 Å². The molecule has 1 aliphatic rings. The van der Waals surface area contributed by atoms with E-state index in [1.807, 2.05) is 0 Å². The van der Waals surface area contributed by atoms with E-state index in [4.69, 9.17) is 10.6 Å². The molecule has 2 N–H and O–H groups in total. The summed E-state index contributed by atoms with van der Waals surface area (Å²) in [5.74, 6) is 0.241. The highest BCUT2D eigenvalue weighted by Crippen LogP contribution is 2.15. The van der Waals surface area contributed by atoms with Crippen LogP contribution >= 0.6 is 0 Å². The van der Waals surface area contributed by atoms with E-state index in [9.17, 15) is 4.79 Å². The Morgan fingerprint density at radius 1 is 1.75 bits per heavy atom. The fourth-order valence-corrected chi connectivity index (χ4v) is 1.48. The largest absolute Gasteiger partial charge is 0.368 e. The summed E-state index contributed by atoms with van der Waals surface area (Å²) in [7, 11) is 0. The van der Waals surface area contributed by atoms with Crippen molar-refractivity contribution in [2.45, 2.75) is 19.8 Å². The third kappa shape index (κ3) is 2.79. The number of nitrogens with zero attached hydrogens (tertiary/aromatic N) is 1. The fraction of sp³-hybridized carbons (Fsp3) is 0.875. The number of nitrogens with two attached hydrogens (primary N) is 1. The summed E-state index contributed by atoms with van der Waals surface area (Å²) in [6, 6.07) is 0. The summed E-state index contributed by atoms with van der Waals surface area (Å²) in [6.45, 7) is 3.73. The van der Waals surface area contributed by atoms with Crippen LogP contribution in [0.5, 0.6) is 0 Å². The molecular weight excluding hydrogens is 156 g/mol.